The molecule has 2 aromatic heterocycles. The summed E-state index contributed by atoms with van der Waals surface area (Å²) >= 11 is 1.40. The minimum Gasteiger partial charge on any atom is -0.397 e. The van der Waals surface area contributed by atoms with E-state index in [2.05, 4.69) is 18.8 Å². The van der Waals surface area contributed by atoms with Crippen LogP contribution in [0.3, 0.4) is 0 Å². The van der Waals surface area contributed by atoms with Crippen LogP contribution in [-0.2, 0) is 0 Å². The molecule has 0 aromatic carbocycles. The number of fused-ring (bicyclic) bond motifs is 1. The van der Waals surface area contributed by atoms with Crippen LogP contribution < -0.4 is 5.73 Å². The molecule has 0 saturated carbocycles. The zero-order chi connectivity index (χ0) is 15.7. The topological polar surface area (TPSA) is 59.2 Å². The van der Waals surface area contributed by atoms with Gasteiger partial charge < -0.3 is 10.6 Å². The Balaban J connectivity index is 2.40. The normalized spacial score (nSPS) is 12.6. The van der Waals surface area contributed by atoms with Crippen LogP contribution in [0.5, 0.6) is 0 Å². The summed E-state index contributed by atoms with van der Waals surface area (Å²) in [6.07, 6.45) is 1.05. The number of carbonyl (C=O) groups excluding carboxylic acids is 1. The molecule has 1 unspecified atom stereocenters. The third kappa shape index (κ3) is 3.02. The van der Waals surface area contributed by atoms with E-state index in [1.807, 2.05) is 27.0 Å². The molecule has 5 heteroatoms. The standard InChI is InChI=1S/C16H23N3OS/c1-6-9(2)8-19(5)16(20)14-13(17)12-10(3)7-11(4)18-15(12)21-14/h7,9H,6,8,17H2,1-5H3. The number of nitrogen functional groups attached to an aromatic ring is 1. The van der Waals surface area contributed by atoms with Gasteiger partial charge in [0.2, 0.25) is 0 Å². The van der Waals surface area contributed by atoms with Crippen LogP contribution in [0.1, 0.15) is 41.2 Å². The third-order valence-electron chi connectivity index (χ3n) is 3.85. The Morgan fingerprint density at radius 2 is 2.14 bits per heavy atom. The molecule has 0 aliphatic rings. The van der Waals surface area contributed by atoms with Gasteiger partial charge in [0.15, 0.2) is 0 Å². The first-order chi connectivity index (χ1) is 9.85. The summed E-state index contributed by atoms with van der Waals surface area (Å²) in [6.45, 7) is 8.99. The molecular weight excluding hydrogens is 282 g/mol. The highest BCUT2D eigenvalue weighted by Crippen LogP contribution is 2.35. The lowest BCUT2D eigenvalue weighted by Gasteiger charge is -2.20. The summed E-state index contributed by atoms with van der Waals surface area (Å²) in [6, 6.07) is 2.00. The maximum atomic E-state index is 12.6. The fourth-order valence-corrected chi connectivity index (χ4v) is 3.69. The number of anilines is 1. The average molecular weight is 305 g/mol. The zero-order valence-corrected chi connectivity index (χ0v) is 14.2. The van der Waals surface area contributed by atoms with Gasteiger partial charge in [-0.2, -0.15) is 0 Å². The van der Waals surface area contributed by atoms with Crippen molar-refractivity contribution in [3.8, 4) is 0 Å². The molecule has 0 aliphatic carbocycles. The van der Waals surface area contributed by atoms with Crippen LogP contribution in [0.15, 0.2) is 6.07 Å². The zero-order valence-electron chi connectivity index (χ0n) is 13.4. The number of hydrogen-bond donors (Lipinski definition) is 1. The van der Waals surface area contributed by atoms with E-state index in [9.17, 15) is 4.79 Å². The first kappa shape index (κ1) is 15.8. The van der Waals surface area contributed by atoms with E-state index in [4.69, 9.17) is 5.73 Å². The maximum absolute atomic E-state index is 12.6. The number of aryl methyl sites for hydroxylation is 2. The van der Waals surface area contributed by atoms with Crippen molar-refractivity contribution >= 4 is 33.1 Å². The number of amides is 1. The molecule has 0 saturated heterocycles. The number of rotatable bonds is 4. The molecule has 0 radical (unpaired) electrons. The summed E-state index contributed by atoms with van der Waals surface area (Å²) in [4.78, 5) is 20.3. The second kappa shape index (κ2) is 6.02. The first-order valence-electron chi connectivity index (χ1n) is 7.26. The maximum Gasteiger partial charge on any atom is 0.265 e. The van der Waals surface area contributed by atoms with Gasteiger partial charge >= 0.3 is 0 Å². The van der Waals surface area contributed by atoms with Crippen molar-refractivity contribution in [3.63, 3.8) is 0 Å². The lowest BCUT2D eigenvalue weighted by molar-refractivity contribution is 0.0780. The average Bonchev–Trinajstić information content (AvgIpc) is 2.74. The Bertz CT molecular complexity index is 678. The first-order valence-corrected chi connectivity index (χ1v) is 8.08. The number of nitrogens with two attached hydrogens (primary N) is 1. The van der Waals surface area contributed by atoms with Gasteiger partial charge in [-0.1, -0.05) is 20.3 Å². The third-order valence-corrected chi connectivity index (χ3v) is 4.94. The Morgan fingerprint density at radius 3 is 2.76 bits per heavy atom. The number of pyridine rings is 1. The molecule has 0 aliphatic heterocycles. The van der Waals surface area contributed by atoms with E-state index >= 15 is 0 Å². The monoisotopic (exact) mass is 305 g/mol. The molecule has 1 atom stereocenters. The number of nitrogens with zero attached hydrogens (tertiary/aromatic N) is 2. The lowest BCUT2D eigenvalue weighted by Crippen LogP contribution is -2.30. The minimum atomic E-state index is -0.00662. The molecule has 1 amide bonds. The molecule has 0 fully saturated rings. The van der Waals surface area contributed by atoms with Crippen LogP contribution in [0.2, 0.25) is 0 Å². The SMILES string of the molecule is CCC(C)CN(C)C(=O)c1sc2nc(C)cc(C)c2c1N. The van der Waals surface area contributed by atoms with Crippen molar-refractivity contribution in [1.82, 2.24) is 9.88 Å². The number of aromatic nitrogens is 1. The second-order valence-electron chi connectivity index (χ2n) is 5.80. The van der Waals surface area contributed by atoms with Crippen LogP contribution in [0.4, 0.5) is 5.69 Å². The largest absolute Gasteiger partial charge is 0.397 e. The van der Waals surface area contributed by atoms with Gasteiger partial charge in [0.25, 0.3) is 5.91 Å². The molecule has 4 nitrogen and oxygen atoms in total. The molecule has 2 heterocycles. The summed E-state index contributed by atoms with van der Waals surface area (Å²) in [7, 11) is 1.84. The summed E-state index contributed by atoms with van der Waals surface area (Å²) in [5, 5.41) is 0.922. The number of hydrogen-bond acceptors (Lipinski definition) is 4. The fraction of sp³-hybridized carbons (Fsp3) is 0.500. The minimum absolute atomic E-state index is 0.00662. The highest BCUT2D eigenvalue weighted by Gasteiger charge is 2.22. The van der Waals surface area contributed by atoms with Crippen LogP contribution in [-0.4, -0.2) is 29.4 Å². The molecule has 2 N–H and O–H groups in total. The summed E-state index contributed by atoms with van der Waals surface area (Å²) < 4.78 is 0. The number of thiophene rings is 1. The van der Waals surface area contributed by atoms with E-state index in [-0.39, 0.29) is 5.91 Å². The Morgan fingerprint density at radius 1 is 1.48 bits per heavy atom. The van der Waals surface area contributed by atoms with Crippen molar-refractivity contribution in [3.05, 3.63) is 22.2 Å². The second-order valence-corrected chi connectivity index (χ2v) is 6.80. The van der Waals surface area contributed by atoms with Gasteiger partial charge in [0.1, 0.15) is 9.71 Å². The number of carbonyl (C=O) groups is 1. The van der Waals surface area contributed by atoms with E-state index < -0.39 is 0 Å². The van der Waals surface area contributed by atoms with Gasteiger partial charge in [-0.15, -0.1) is 11.3 Å². The predicted molar refractivity (Wildman–Crippen MR) is 89.9 cm³/mol. The molecule has 21 heavy (non-hydrogen) atoms. The highest BCUT2D eigenvalue weighted by atomic mass is 32.1. The molecule has 0 spiro atoms. The van der Waals surface area contributed by atoms with Gasteiger partial charge in [-0.05, 0) is 31.4 Å². The molecule has 2 aromatic rings. The summed E-state index contributed by atoms with van der Waals surface area (Å²) in [5.41, 5.74) is 8.82. The summed E-state index contributed by atoms with van der Waals surface area (Å²) in [5.74, 6) is 0.476. The predicted octanol–water partition coefficient (Wildman–Crippen LogP) is 3.61. The lowest BCUT2D eigenvalue weighted by atomic mass is 10.1. The molecule has 2 rings (SSSR count). The van der Waals surface area contributed by atoms with Crippen molar-refractivity contribution in [1.29, 1.82) is 0 Å². The van der Waals surface area contributed by atoms with Gasteiger partial charge in [0.05, 0.1) is 5.69 Å². The Hall–Kier alpha value is -1.62. The van der Waals surface area contributed by atoms with Crippen molar-refractivity contribution in [2.75, 3.05) is 19.3 Å². The van der Waals surface area contributed by atoms with E-state index in [1.165, 1.54) is 11.3 Å². The van der Waals surface area contributed by atoms with Crippen molar-refractivity contribution in [2.45, 2.75) is 34.1 Å². The van der Waals surface area contributed by atoms with Gasteiger partial charge in [-0.3, -0.25) is 4.79 Å². The van der Waals surface area contributed by atoms with E-state index in [0.29, 0.717) is 16.5 Å². The van der Waals surface area contributed by atoms with E-state index in [0.717, 1.165) is 34.4 Å². The van der Waals surface area contributed by atoms with Crippen molar-refractivity contribution < 1.29 is 4.79 Å². The molecule has 0 bridgehead atoms. The fourth-order valence-electron chi connectivity index (χ4n) is 2.48. The smallest absolute Gasteiger partial charge is 0.265 e. The highest BCUT2D eigenvalue weighted by molar-refractivity contribution is 7.21. The van der Waals surface area contributed by atoms with E-state index in [1.54, 1.807) is 4.90 Å². The molecular formula is C16H23N3OS. The Kier molecular flexibility index (Phi) is 4.52. The van der Waals surface area contributed by atoms with Gasteiger partial charge in [0, 0.05) is 24.7 Å². The van der Waals surface area contributed by atoms with Crippen LogP contribution >= 0.6 is 11.3 Å². The van der Waals surface area contributed by atoms with Crippen LogP contribution in [0, 0.1) is 19.8 Å². The Labute approximate surface area is 130 Å². The quantitative estimate of drug-likeness (QED) is 0.938. The van der Waals surface area contributed by atoms with Crippen LogP contribution in [0.25, 0.3) is 10.2 Å². The van der Waals surface area contributed by atoms with Gasteiger partial charge in [-0.25, -0.2) is 4.98 Å². The molecule has 114 valence electrons. The van der Waals surface area contributed by atoms with Crippen molar-refractivity contribution in [2.24, 2.45) is 5.92 Å².